The molecule has 0 bridgehead atoms. The molecule has 0 spiro atoms. The molecule has 1 aromatic carbocycles. The van der Waals surface area contributed by atoms with Crippen LogP contribution in [-0.4, -0.2) is 73.1 Å². The van der Waals surface area contributed by atoms with Crippen LogP contribution in [0.2, 0.25) is 0 Å². The van der Waals surface area contributed by atoms with Crippen molar-refractivity contribution in [1.29, 1.82) is 5.53 Å². The number of fused-ring (bicyclic) bond motifs is 1. The predicted molar refractivity (Wildman–Crippen MR) is 124 cm³/mol. The average molecular weight is 459 g/mol. The van der Waals surface area contributed by atoms with Crippen LogP contribution in [0.4, 0.5) is 5.69 Å². The standard InChI is InChI=1S/C23H31N5O5/c1-14(2)33-23(31)18(10-9-16(29)13-26-24)27-22(30)20(32-5)11-15-12-25-21-17(15)7-6-8-19(21)28(3)4/h6-8,12-14,18,20,24-25H,9-11H2,1-5H3/p+1/t18-,20-/m0/s1. The van der Waals surface area contributed by atoms with Gasteiger partial charge in [-0.3, -0.25) is 9.59 Å². The van der Waals surface area contributed by atoms with E-state index in [9.17, 15) is 14.4 Å². The van der Waals surface area contributed by atoms with Crippen molar-refractivity contribution in [2.45, 2.75) is 51.4 Å². The second-order valence-corrected chi connectivity index (χ2v) is 8.15. The summed E-state index contributed by atoms with van der Waals surface area (Å²) in [6.45, 7) is 3.40. The maximum Gasteiger partial charge on any atom is 0.372 e. The lowest BCUT2D eigenvalue weighted by atomic mass is 10.0. The summed E-state index contributed by atoms with van der Waals surface area (Å²) >= 11 is 0. The highest BCUT2D eigenvalue weighted by atomic mass is 16.5. The maximum atomic E-state index is 13.0. The smallest absolute Gasteiger partial charge is 0.372 e. The quantitative estimate of drug-likeness (QED) is 0.192. The Labute approximate surface area is 192 Å². The first-order valence-corrected chi connectivity index (χ1v) is 10.7. The molecule has 1 aromatic heterocycles. The van der Waals surface area contributed by atoms with E-state index in [0.717, 1.165) is 28.4 Å². The van der Waals surface area contributed by atoms with Crippen molar-refractivity contribution in [3.8, 4) is 0 Å². The van der Waals surface area contributed by atoms with Crippen LogP contribution in [0.3, 0.4) is 0 Å². The van der Waals surface area contributed by atoms with E-state index in [0.29, 0.717) is 0 Å². The van der Waals surface area contributed by atoms with Crippen molar-refractivity contribution in [3.05, 3.63) is 30.0 Å². The fraction of sp³-hybridized carbons (Fsp3) is 0.478. The highest BCUT2D eigenvalue weighted by molar-refractivity contribution is 6.25. The summed E-state index contributed by atoms with van der Waals surface area (Å²) in [7, 11) is 5.34. The molecule has 0 unspecified atom stereocenters. The number of nitrogens with zero attached hydrogens (tertiary/aromatic N) is 2. The van der Waals surface area contributed by atoms with Gasteiger partial charge in [-0.15, -0.1) is 0 Å². The molecule has 0 saturated heterocycles. The van der Waals surface area contributed by atoms with Crippen LogP contribution in [0.25, 0.3) is 10.9 Å². The Morgan fingerprint density at radius 2 is 2.00 bits per heavy atom. The SMILES string of the molecule is CO[C@@H](Cc1c[nH]c2c(N(C)C)cccc12)C(=O)N[C@@H](CCC(=O)C=[N+]=N)C(=O)OC(C)C. The number of nitrogens with one attached hydrogen (secondary N) is 3. The number of ether oxygens (including phenoxy) is 2. The number of benzene rings is 1. The van der Waals surface area contributed by atoms with Gasteiger partial charge < -0.3 is 24.7 Å². The topological polar surface area (TPSA) is 139 Å². The average Bonchev–Trinajstić information content (AvgIpc) is 3.17. The van der Waals surface area contributed by atoms with E-state index in [-0.39, 0.29) is 25.4 Å². The van der Waals surface area contributed by atoms with Crippen molar-refractivity contribution in [2.75, 3.05) is 26.1 Å². The molecule has 2 atom stereocenters. The van der Waals surface area contributed by atoms with Gasteiger partial charge in [-0.1, -0.05) is 12.1 Å². The van der Waals surface area contributed by atoms with Crippen molar-refractivity contribution in [3.63, 3.8) is 0 Å². The molecule has 0 aliphatic carbocycles. The molecule has 1 amide bonds. The van der Waals surface area contributed by atoms with Gasteiger partial charge in [0.2, 0.25) is 11.7 Å². The number of Topliss-reactive ketones (excluding diaryl/α,β-unsaturated/α-hetero) is 1. The van der Waals surface area contributed by atoms with Gasteiger partial charge in [0.05, 0.1) is 27.6 Å². The lowest BCUT2D eigenvalue weighted by Crippen LogP contribution is -2.48. The molecule has 0 fully saturated rings. The lowest BCUT2D eigenvalue weighted by Gasteiger charge is -2.21. The molecule has 2 rings (SSSR count). The van der Waals surface area contributed by atoms with Gasteiger partial charge in [0.25, 0.3) is 0 Å². The number of rotatable bonds is 12. The van der Waals surface area contributed by atoms with Crippen LogP contribution in [0.15, 0.2) is 24.4 Å². The van der Waals surface area contributed by atoms with E-state index in [4.69, 9.17) is 15.0 Å². The molecular weight excluding hydrogens is 426 g/mol. The molecule has 0 aliphatic rings. The van der Waals surface area contributed by atoms with Crippen LogP contribution in [0, 0.1) is 5.53 Å². The van der Waals surface area contributed by atoms with E-state index in [1.165, 1.54) is 7.11 Å². The molecule has 33 heavy (non-hydrogen) atoms. The van der Waals surface area contributed by atoms with Crippen molar-refractivity contribution in [2.24, 2.45) is 0 Å². The predicted octanol–water partition coefficient (Wildman–Crippen LogP) is 1.89. The third kappa shape index (κ3) is 7.00. The molecular formula is C23H32N5O5+. The number of amides is 1. The van der Waals surface area contributed by atoms with Gasteiger partial charge >= 0.3 is 12.2 Å². The van der Waals surface area contributed by atoms with Gasteiger partial charge in [-0.05, 0) is 31.9 Å². The Balaban J connectivity index is 2.18. The fourth-order valence-electron chi connectivity index (χ4n) is 3.47. The Bertz CT molecular complexity index is 1040. The Morgan fingerprint density at radius 1 is 1.27 bits per heavy atom. The highest BCUT2D eigenvalue weighted by Gasteiger charge is 2.28. The number of aromatic amines is 1. The van der Waals surface area contributed by atoms with Crippen LogP contribution in [0.5, 0.6) is 0 Å². The van der Waals surface area contributed by atoms with Crippen LogP contribution >= 0.6 is 0 Å². The third-order valence-corrected chi connectivity index (χ3v) is 5.08. The summed E-state index contributed by atoms with van der Waals surface area (Å²) in [6.07, 6.45) is 1.73. The number of H-pyrrole nitrogens is 1. The number of methoxy groups -OCH3 is 1. The van der Waals surface area contributed by atoms with Gasteiger partial charge in [0.15, 0.2) is 0 Å². The van der Waals surface area contributed by atoms with Gasteiger partial charge in [-0.25, -0.2) is 4.79 Å². The first-order valence-electron chi connectivity index (χ1n) is 10.7. The number of para-hydroxylation sites is 1. The summed E-state index contributed by atoms with van der Waals surface area (Å²) in [4.78, 5) is 45.4. The molecule has 10 heteroatoms. The number of carbonyl (C=O) groups is 3. The Morgan fingerprint density at radius 3 is 2.61 bits per heavy atom. The van der Waals surface area contributed by atoms with E-state index in [1.807, 2.05) is 43.4 Å². The summed E-state index contributed by atoms with van der Waals surface area (Å²) in [5.41, 5.74) is 9.63. The number of anilines is 1. The number of esters is 1. The van der Waals surface area contributed by atoms with Crippen molar-refractivity contribution in [1.82, 2.24) is 10.3 Å². The zero-order valence-electron chi connectivity index (χ0n) is 19.7. The maximum absolute atomic E-state index is 13.0. The van der Waals surface area contributed by atoms with E-state index in [1.54, 1.807) is 13.8 Å². The Kier molecular flexibility index (Phi) is 9.32. The van der Waals surface area contributed by atoms with Crippen LogP contribution < -0.4 is 10.2 Å². The van der Waals surface area contributed by atoms with Crippen molar-refractivity contribution >= 4 is 40.5 Å². The summed E-state index contributed by atoms with van der Waals surface area (Å²) in [5, 5.41) is 3.64. The first-order chi connectivity index (χ1) is 15.7. The molecule has 178 valence electrons. The molecule has 3 N–H and O–H groups in total. The van der Waals surface area contributed by atoms with Crippen molar-refractivity contribution < 1.29 is 28.6 Å². The molecule has 0 saturated carbocycles. The monoisotopic (exact) mass is 458 g/mol. The largest absolute Gasteiger partial charge is 0.461 e. The van der Waals surface area contributed by atoms with Crippen LogP contribution in [-0.2, 0) is 30.3 Å². The zero-order chi connectivity index (χ0) is 24.5. The fourth-order valence-corrected chi connectivity index (χ4v) is 3.47. The summed E-state index contributed by atoms with van der Waals surface area (Å²) < 4.78 is 10.7. The third-order valence-electron chi connectivity index (χ3n) is 5.08. The number of ketones is 1. The molecule has 1 heterocycles. The van der Waals surface area contributed by atoms with E-state index >= 15 is 0 Å². The van der Waals surface area contributed by atoms with Gasteiger partial charge in [0.1, 0.15) is 12.1 Å². The number of aromatic nitrogens is 1. The minimum Gasteiger partial charge on any atom is -0.461 e. The second-order valence-electron chi connectivity index (χ2n) is 8.15. The Hall–Kier alpha value is -3.49. The second kappa shape index (κ2) is 11.9. The summed E-state index contributed by atoms with van der Waals surface area (Å²) in [5.74, 6) is -1.53. The normalized spacial score (nSPS) is 12.7. The minimum absolute atomic E-state index is 0.0257. The van der Waals surface area contributed by atoms with E-state index < -0.39 is 29.8 Å². The number of hydrogen-bond donors (Lipinski definition) is 3. The highest BCUT2D eigenvalue weighted by Crippen LogP contribution is 2.28. The molecule has 10 nitrogen and oxygen atoms in total. The summed E-state index contributed by atoms with van der Waals surface area (Å²) in [6, 6.07) is 4.90. The minimum atomic E-state index is -1.02. The van der Waals surface area contributed by atoms with Crippen LogP contribution in [0.1, 0.15) is 32.3 Å². The lowest BCUT2D eigenvalue weighted by molar-refractivity contribution is -0.152. The zero-order valence-corrected chi connectivity index (χ0v) is 19.7. The van der Waals surface area contributed by atoms with E-state index in [2.05, 4.69) is 15.1 Å². The molecule has 0 aliphatic heterocycles. The molecule has 0 radical (unpaired) electrons. The number of carbonyl (C=O) groups excluding carboxylic acids is 3. The molecule has 2 aromatic rings. The number of hydrogen-bond acceptors (Lipinski definition) is 7. The van der Waals surface area contributed by atoms with Gasteiger partial charge in [-0.2, -0.15) is 0 Å². The van der Waals surface area contributed by atoms with Gasteiger partial charge in [0, 0.05) is 45.6 Å². The first kappa shape index (κ1) is 25.8.